The van der Waals surface area contributed by atoms with Gasteiger partial charge in [0, 0.05) is 22.7 Å². The molecule has 0 saturated heterocycles. The fraction of sp³-hybridized carbons (Fsp3) is 0.136. The summed E-state index contributed by atoms with van der Waals surface area (Å²) in [5.74, 6) is 0.885. The number of aryl methyl sites for hydroxylation is 1. The van der Waals surface area contributed by atoms with Crippen molar-refractivity contribution in [2.24, 2.45) is 0 Å². The average molecular weight is 407 g/mol. The monoisotopic (exact) mass is 406 g/mol. The lowest BCUT2D eigenvalue weighted by Crippen LogP contribution is -1.99. The van der Waals surface area contributed by atoms with Crippen molar-refractivity contribution in [1.29, 1.82) is 0 Å². The molecule has 0 aliphatic carbocycles. The second-order valence-electron chi connectivity index (χ2n) is 6.32. The van der Waals surface area contributed by atoms with Crippen LogP contribution in [0.5, 0.6) is 5.75 Å². The Kier molecular flexibility index (Phi) is 4.51. The molecular formula is C22H19BrN2O. The fourth-order valence-corrected chi connectivity index (χ4v) is 3.57. The van der Waals surface area contributed by atoms with Crippen LogP contribution in [0.15, 0.2) is 71.3 Å². The minimum atomic E-state index is 0.803. The Bertz CT molecular complexity index is 1070. The van der Waals surface area contributed by atoms with Crippen LogP contribution >= 0.6 is 15.9 Å². The zero-order valence-electron chi connectivity index (χ0n) is 14.7. The van der Waals surface area contributed by atoms with E-state index in [0.717, 1.165) is 33.5 Å². The summed E-state index contributed by atoms with van der Waals surface area (Å²) in [5, 5.41) is 0. The number of hydrogen-bond acceptors (Lipinski definition) is 2. The highest BCUT2D eigenvalue weighted by Gasteiger charge is 2.15. The number of hydrogen-bond donors (Lipinski definition) is 0. The van der Waals surface area contributed by atoms with Gasteiger partial charge in [-0.05, 0) is 58.2 Å². The van der Waals surface area contributed by atoms with E-state index in [-0.39, 0.29) is 0 Å². The van der Waals surface area contributed by atoms with E-state index in [1.165, 1.54) is 16.8 Å². The summed E-state index contributed by atoms with van der Waals surface area (Å²) in [6.07, 6.45) is 2.89. The van der Waals surface area contributed by atoms with Crippen LogP contribution in [-0.4, -0.2) is 16.5 Å². The zero-order valence-corrected chi connectivity index (χ0v) is 16.3. The smallest absolute Gasteiger partial charge is 0.137 e. The first-order valence-electron chi connectivity index (χ1n) is 8.51. The molecule has 0 atom stereocenters. The predicted octanol–water partition coefficient (Wildman–Crippen LogP) is 5.67. The molecule has 130 valence electrons. The zero-order chi connectivity index (χ0) is 18.1. The third kappa shape index (κ3) is 3.13. The van der Waals surface area contributed by atoms with Crippen LogP contribution in [0.1, 0.15) is 16.8 Å². The predicted molar refractivity (Wildman–Crippen MR) is 109 cm³/mol. The standard InChI is InChI=1S/C22H19BrN2O/c1-15-12-19(26-2)10-8-17(15)13-20-22(16-6-4-3-5-7-16)24-21-11-9-18(23)14-25(20)21/h3-12,14H,13H2,1-2H3. The van der Waals surface area contributed by atoms with Crippen molar-refractivity contribution in [3.63, 3.8) is 0 Å². The van der Waals surface area contributed by atoms with Crippen LogP contribution in [-0.2, 0) is 6.42 Å². The number of aromatic nitrogens is 2. The van der Waals surface area contributed by atoms with Gasteiger partial charge in [0.15, 0.2) is 0 Å². The van der Waals surface area contributed by atoms with Gasteiger partial charge < -0.3 is 9.14 Å². The second kappa shape index (κ2) is 6.96. The first-order valence-corrected chi connectivity index (χ1v) is 9.30. The molecular weight excluding hydrogens is 388 g/mol. The summed E-state index contributed by atoms with van der Waals surface area (Å²) in [6, 6.07) is 20.7. The molecule has 0 aliphatic heterocycles. The van der Waals surface area contributed by atoms with Gasteiger partial charge in [-0.25, -0.2) is 4.98 Å². The Labute approximate surface area is 161 Å². The van der Waals surface area contributed by atoms with E-state index >= 15 is 0 Å². The summed E-state index contributed by atoms with van der Waals surface area (Å²) in [4.78, 5) is 4.90. The van der Waals surface area contributed by atoms with E-state index in [1.807, 2.05) is 24.3 Å². The fourth-order valence-electron chi connectivity index (χ4n) is 3.24. The molecule has 0 aliphatic rings. The largest absolute Gasteiger partial charge is 0.497 e. The van der Waals surface area contributed by atoms with Crippen molar-refractivity contribution < 1.29 is 4.74 Å². The van der Waals surface area contributed by atoms with E-state index in [0.29, 0.717) is 0 Å². The van der Waals surface area contributed by atoms with Gasteiger partial charge in [0.2, 0.25) is 0 Å². The van der Waals surface area contributed by atoms with Gasteiger partial charge in [-0.3, -0.25) is 0 Å². The normalized spacial score (nSPS) is 11.0. The maximum atomic E-state index is 5.34. The van der Waals surface area contributed by atoms with E-state index in [2.05, 4.69) is 69.8 Å². The summed E-state index contributed by atoms with van der Waals surface area (Å²) in [6.45, 7) is 2.12. The van der Waals surface area contributed by atoms with Crippen LogP contribution in [0.3, 0.4) is 0 Å². The molecule has 0 bridgehead atoms. The molecule has 0 radical (unpaired) electrons. The molecule has 0 fully saturated rings. The average Bonchev–Trinajstić information content (AvgIpc) is 3.02. The van der Waals surface area contributed by atoms with Gasteiger partial charge in [-0.2, -0.15) is 0 Å². The number of methoxy groups -OCH3 is 1. The molecule has 0 spiro atoms. The summed E-state index contributed by atoms with van der Waals surface area (Å²) >= 11 is 3.59. The Morgan fingerprint density at radius 1 is 1.04 bits per heavy atom. The maximum absolute atomic E-state index is 5.34. The number of ether oxygens (including phenoxy) is 1. The Morgan fingerprint density at radius 3 is 2.58 bits per heavy atom. The molecule has 0 N–H and O–H groups in total. The first-order chi connectivity index (χ1) is 12.7. The molecule has 4 aromatic rings. The number of benzene rings is 2. The SMILES string of the molecule is COc1ccc(Cc2c(-c3ccccc3)nc3ccc(Br)cn23)c(C)c1. The van der Waals surface area contributed by atoms with E-state index < -0.39 is 0 Å². The number of imidazole rings is 1. The highest BCUT2D eigenvalue weighted by Crippen LogP contribution is 2.29. The van der Waals surface area contributed by atoms with Gasteiger partial charge in [0.25, 0.3) is 0 Å². The van der Waals surface area contributed by atoms with Gasteiger partial charge in [-0.1, -0.05) is 36.4 Å². The topological polar surface area (TPSA) is 26.5 Å². The number of pyridine rings is 1. The Hall–Kier alpha value is -2.59. The number of halogens is 1. The van der Waals surface area contributed by atoms with Crippen LogP contribution in [0, 0.1) is 6.92 Å². The van der Waals surface area contributed by atoms with Crippen molar-refractivity contribution in [2.75, 3.05) is 7.11 Å². The minimum absolute atomic E-state index is 0.803. The molecule has 4 heteroatoms. The van der Waals surface area contributed by atoms with E-state index in [9.17, 15) is 0 Å². The van der Waals surface area contributed by atoms with Crippen molar-refractivity contribution in [2.45, 2.75) is 13.3 Å². The summed E-state index contributed by atoms with van der Waals surface area (Å²) < 4.78 is 8.55. The third-order valence-corrected chi connectivity index (χ3v) is 5.11. The Morgan fingerprint density at radius 2 is 1.85 bits per heavy atom. The Balaban J connectivity index is 1.88. The van der Waals surface area contributed by atoms with E-state index in [4.69, 9.17) is 9.72 Å². The maximum Gasteiger partial charge on any atom is 0.137 e. The molecule has 0 unspecified atom stereocenters. The molecule has 2 aromatic carbocycles. The lowest BCUT2D eigenvalue weighted by atomic mass is 10.0. The van der Waals surface area contributed by atoms with Crippen molar-refractivity contribution in [3.8, 4) is 17.0 Å². The highest BCUT2D eigenvalue weighted by molar-refractivity contribution is 9.10. The van der Waals surface area contributed by atoms with Gasteiger partial charge in [0.1, 0.15) is 11.4 Å². The molecule has 4 rings (SSSR count). The quantitative estimate of drug-likeness (QED) is 0.436. The third-order valence-electron chi connectivity index (χ3n) is 4.64. The van der Waals surface area contributed by atoms with Gasteiger partial charge >= 0.3 is 0 Å². The number of nitrogens with zero attached hydrogens (tertiary/aromatic N) is 2. The van der Waals surface area contributed by atoms with E-state index in [1.54, 1.807) is 7.11 Å². The van der Waals surface area contributed by atoms with Gasteiger partial charge in [0.05, 0.1) is 18.5 Å². The van der Waals surface area contributed by atoms with Crippen LogP contribution in [0.4, 0.5) is 0 Å². The molecule has 3 nitrogen and oxygen atoms in total. The molecule has 2 heterocycles. The van der Waals surface area contributed by atoms with Crippen LogP contribution in [0.2, 0.25) is 0 Å². The van der Waals surface area contributed by atoms with Crippen molar-refractivity contribution in [3.05, 3.63) is 88.2 Å². The highest BCUT2D eigenvalue weighted by atomic mass is 79.9. The molecule has 0 amide bonds. The summed E-state index contributed by atoms with van der Waals surface area (Å²) in [5.41, 5.74) is 6.78. The van der Waals surface area contributed by atoms with Crippen LogP contribution in [0.25, 0.3) is 16.9 Å². The molecule has 0 saturated carbocycles. The number of rotatable bonds is 4. The van der Waals surface area contributed by atoms with Crippen LogP contribution < -0.4 is 4.74 Å². The number of fused-ring (bicyclic) bond motifs is 1. The second-order valence-corrected chi connectivity index (χ2v) is 7.23. The lowest BCUT2D eigenvalue weighted by Gasteiger charge is -2.10. The lowest BCUT2D eigenvalue weighted by molar-refractivity contribution is 0.414. The minimum Gasteiger partial charge on any atom is -0.497 e. The van der Waals surface area contributed by atoms with Crippen molar-refractivity contribution >= 4 is 21.6 Å². The molecule has 26 heavy (non-hydrogen) atoms. The van der Waals surface area contributed by atoms with Gasteiger partial charge in [-0.15, -0.1) is 0 Å². The molecule has 2 aromatic heterocycles. The first kappa shape index (κ1) is 16.9. The van der Waals surface area contributed by atoms with Crippen molar-refractivity contribution in [1.82, 2.24) is 9.38 Å². The summed E-state index contributed by atoms with van der Waals surface area (Å²) in [7, 11) is 1.70.